The van der Waals surface area contributed by atoms with Crippen molar-refractivity contribution in [2.75, 3.05) is 11.4 Å². The van der Waals surface area contributed by atoms with E-state index in [-0.39, 0.29) is 28.7 Å². The second kappa shape index (κ2) is 8.79. The second-order valence-corrected chi connectivity index (χ2v) is 10.5. The predicted octanol–water partition coefficient (Wildman–Crippen LogP) is 4.74. The van der Waals surface area contributed by atoms with Crippen molar-refractivity contribution in [2.45, 2.75) is 38.6 Å². The molecule has 1 saturated heterocycles. The number of halogens is 1. The Labute approximate surface area is 198 Å². The Morgan fingerprint density at radius 2 is 2.00 bits per heavy atom. The number of anilines is 1. The number of Topliss-reactive ketones (excluding diaryl/α,β-unsaturated/α-hetero) is 1. The van der Waals surface area contributed by atoms with Crippen LogP contribution in [0.2, 0.25) is 0 Å². The second-order valence-electron chi connectivity index (χ2n) is 8.29. The molecule has 1 atom stereocenters. The van der Waals surface area contributed by atoms with Gasteiger partial charge in [-0.3, -0.25) is 14.2 Å². The molecule has 3 aromatic heterocycles. The smallest absolute Gasteiger partial charge is 0.281 e. The zero-order valence-corrected chi connectivity index (χ0v) is 20.0. The van der Waals surface area contributed by atoms with E-state index in [1.165, 1.54) is 33.3 Å². The molecular weight excluding hydrogens is 459 g/mol. The van der Waals surface area contributed by atoms with Crippen LogP contribution in [-0.4, -0.2) is 32.9 Å². The Bertz CT molecular complexity index is 1390. The number of fused-ring (bicyclic) bond motifs is 1. The van der Waals surface area contributed by atoms with Gasteiger partial charge < -0.3 is 4.90 Å². The van der Waals surface area contributed by atoms with E-state index < -0.39 is 0 Å². The van der Waals surface area contributed by atoms with Gasteiger partial charge in [0.1, 0.15) is 10.7 Å². The van der Waals surface area contributed by atoms with Crippen molar-refractivity contribution >= 4 is 43.9 Å². The minimum Gasteiger partial charge on any atom is -0.338 e. The number of thiazole rings is 1. The highest BCUT2D eigenvalue weighted by molar-refractivity contribution is 7.21. The molecule has 170 valence electrons. The monoisotopic (exact) mass is 482 g/mol. The molecule has 1 aliphatic heterocycles. The van der Waals surface area contributed by atoms with Crippen LogP contribution in [0.5, 0.6) is 0 Å². The normalized spacial score (nSPS) is 16.1. The Hall–Kier alpha value is -2.91. The number of benzene rings is 1. The van der Waals surface area contributed by atoms with E-state index in [2.05, 4.69) is 9.97 Å². The van der Waals surface area contributed by atoms with Gasteiger partial charge in [-0.2, -0.15) is 0 Å². The molecule has 4 heterocycles. The number of aromatic nitrogens is 3. The van der Waals surface area contributed by atoms with E-state index in [9.17, 15) is 14.0 Å². The van der Waals surface area contributed by atoms with Crippen molar-refractivity contribution in [1.29, 1.82) is 0 Å². The number of ketones is 1. The number of nitrogens with zero attached hydrogens (tertiary/aromatic N) is 4. The van der Waals surface area contributed by atoms with Gasteiger partial charge in [0.15, 0.2) is 27.1 Å². The van der Waals surface area contributed by atoms with Gasteiger partial charge in [-0.1, -0.05) is 41.7 Å². The van der Waals surface area contributed by atoms with Gasteiger partial charge in [-0.25, -0.2) is 14.4 Å². The summed E-state index contributed by atoms with van der Waals surface area (Å²) in [5.41, 5.74) is 1.10. The minimum absolute atomic E-state index is 0.188. The molecule has 0 bridgehead atoms. The predicted molar refractivity (Wildman–Crippen MR) is 131 cm³/mol. The summed E-state index contributed by atoms with van der Waals surface area (Å²) in [4.78, 5) is 38.8. The molecule has 1 aromatic carbocycles. The molecule has 9 heteroatoms. The lowest BCUT2D eigenvalue weighted by Gasteiger charge is -2.22. The number of aryl methyl sites for hydroxylation is 2. The summed E-state index contributed by atoms with van der Waals surface area (Å²) in [6.07, 6.45) is 2.85. The van der Waals surface area contributed by atoms with E-state index in [0.717, 1.165) is 23.3 Å². The van der Waals surface area contributed by atoms with Crippen LogP contribution in [0.4, 0.5) is 9.52 Å². The number of carbonyl (C=O) groups is 1. The molecule has 0 amide bonds. The molecule has 5 rings (SSSR count). The zero-order chi connectivity index (χ0) is 23.1. The molecule has 4 aromatic rings. The summed E-state index contributed by atoms with van der Waals surface area (Å²) in [6, 6.07) is 11.2. The summed E-state index contributed by atoms with van der Waals surface area (Å²) in [5, 5.41) is 0.630. The highest BCUT2D eigenvalue weighted by Gasteiger charge is 2.33. The fourth-order valence-corrected chi connectivity index (χ4v) is 6.24. The molecular formula is C24H23FN4O2S2. The van der Waals surface area contributed by atoms with Crippen LogP contribution in [0.3, 0.4) is 0 Å². The van der Waals surface area contributed by atoms with Gasteiger partial charge >= 0.3 is 0 Å². The van der Waals surface area contributed by atoms with Crippen molar-refractivity contribution in [3.8, 4) is 10.7 Å². The maximum atomic E-state index is 14.4. The van der Waals surface area contributed by atoms with Crippen LogP contribution < -0.4 is 10.5 Å². The van der Waals surface area contributed by atoms with Crippen LogP contribution >= 0.6 is 22.7 Å². The van der Waals surface area contributed by atoms with Crippen LogP contribution in [0.15, 0.2) is 41.2 Å². The maximum Gasteiger partial charge on any atom is 0.281 e. The van der Waals surface area contributed by atoms with Gasteiger partial charge in [0.2, 0.25) is 0 Å². The molecule has 6 nitrogen and oxygen atoms in total. The minimum atomic E-state index is -0.382. The lowest BCUT2D eigenvalue weighted by Crippen LogP contribution is -2.36. The van der Waals surface area contributed by atoms with Crippen molar-refractivity contribution in [2.24, 2.45) is 7.05 Å². The quantitative estimate of drug-likeness (QED) is 0.397. The van der Waals surface area contributed by atoms with E-state index in [0.29, 0.717) is 40.0 Å². The number of carbonyl (C=O) groups excluding carboxylic acids is 1. The van der Waals surface area contributed by atoms with Crippen LogP contribution in [0, 0.1) is 12.7 Å². The van der Waals surface area contributed by atoms with Crippen molar-refractivity contribution < 1.29 is 9.18 Å². The Kier molecular flexibility index (Phi) is 5.84. The van der Waals surface area contributed by atoms with Crippen LogP contribution in [0.25, 0.3) is 21.0 Å². The van der Waals surface area contributed by atoms with Crippen molar-refractivity contribution in [1.82, 2.24) is 14.5 Å². The lowest BCUT2D eigenvalue weighted by molar-refractivity contribution is -0.120. The fourth-order valence-electron chi connectivity index (χ4n) is 4.31. The zero-order valence-electron chi connectivity index (χ0n) is 18.4. The first-order valence-corrected chi connectivity index (χ1v) is 12.5. The summed E-state index contributed by atoms with van der Waals surface area (Å²) in [7, 11) is 1.59. The summed E-state index contributed by atoms with van der Waals surface area (Å²) in [5.74, 6) is 0.108. The van der Waals surface area contributed by atoms with Crippen molar-refractivity contribution in [3.05, 3.63) is 63.0 Å². The third-order valence-corrected chi connectivity index (χ3v) is 8.02. The first-order chi connectivity index (χ1) is 15.9. The number of hydrogen-bond donors (Lipinski definition) is 0. The SMILES string of the molecule is Cc1cc(F)c(-c2nc3sc(N4CCC[C@@H]4C(=O)CCc4ccccc4)nc3c(=O)n2C)s1. The van der Waals surface area contributed by atoms with E-state index in [4.69, 9.17) is 0 Å². The molecule has 33 heavy (non-hydrogen) atoms. The summed E-state index contributed by atoms with van der Waals surface area (Å²) >= 11 is 2.57. The van der Waals surface area contributed by atoms with Gasteiger partial charge in [0.25, 0.3) is 5.56 Å². The van der Waals surface area contributed by atoms with Crippen LogP contribution in [-0.2, 0) is 18.3 Å². The largest absolute Gasteiger partial charge is 0.338 e. The average Bonchev–Trinajstić information content (AvgIpc) is 3.53. The number of thiophene rings is 1. The number of rotatable bonds is 6. The third-order valence-electron chi connectivity index (χ3n) is 6.02. The van der Waals surface area contributed by atoms with E-state index >= 15 is 0 Å². The van der Waals surface area contributed by atoms with E-state index in [1.807, 2.05) is 42.2 Å². The molecule has 1 aliphatic rings. The first kappa shape index (κ1) is 21.9. The Balaban J connectivity index is 1.44. The van der Waals surface area contributed by atoms with E-state index in [1.54, 1.807) is 7.05 Å². The van der Waals surface area contributed by atoms with Gasteiger partial charge in [-0.15, -0.1) is 11.3 Å². The highest BCUT2D eigenvalue weighted by atomic mass is 32.1. The average molecular weight is 483 g/mol. The summed E-state index contributed by atoms with van der Waals surface area (Å²) < 4.78 is 15.7. The summed E-state index contributed by atoms with van der Waals surface area (Å²) in [6.45, 7) is 2.54. The van der Waals surface area contributed by atoms with Crippen molar-refractivity contribution in [3.63, 3.8) is 0 Å². The topological polar surface area (TPSA) is 68.1 Å². The standard InChI is InChI=1S/C24H23FN4O2S2/c1-14-13-16(25)20(32-14)21-27-22-19(23(31)28(21)2)26-24(33-22)29-12-6-9-17(29)18(30)11-10-15-7-4-3-5-8-15/h3-5,7-8,13,17H,6,9-12H2,1-2H3/t17-/m1/s1. The molecule has 0 N–H and O–H groups in total. The van der Waals surface area contributed by atoms with Crippen LogP contribution in [0.1, 0.15) is 29.7 Å². The molecule has 1 fully saturated rings. The Morgan fingerprint density at radius 3 is 2.73 bits per heavy atom. The highest BCUT2D eigenvalue weighted by Crippen LogP contribution is 2.35. The molecule has 0 spiro atoms. The first-order valence-electron chi connectivity index (χ1n) is 10.9. The van der Waals surface area contributed by atoms with Gasteiger partial charge in [0, 0.05) is 24.9 Å². The Morgan fingerprint density at radius 1 is 1.21 bits per heavy atom. The number of hydrogen-bond acceptors (Lipinski definition) is 7. The molecule has 0 radical (unpaired) electrons. The van der Waals surface area contributed by atoms with Gasteiger partial charge in [0.05, 0.1) is 6.04 Å². The lowest BCUT2D eigenvalue weighted by atomic mass is 10.0. The molecule has 0 unspecified atom stereocenters. The third kappa shape index (κ3) is 4.11. The fraction of sp³-hybridized carbons (Fsp3) is 0.333. The molecule has 0 aliphatic carbocycles. The van der Waals surface area contributed by atoms with Gasteiger partial charge in [-0.05, 0) is 37.8 Å². The maximum absolute atomic E-state index is 14.4. The molecule has 0 saturated carbocycles.